The smallest absolute Gasteiger partial charge is 0.345 e. The molecule has 0 aliphatic heterocycles. The normalized spacial score (nSPS) is 10.5. The fourth-order valence-electron chi connectivity index (χ4n) is 2.01. The quantitative estimate of drug-likeness (QED) is 0.756. The van der Waals surface area contributed by atoms with Gasteiger partial charge in [-0.05, 0) is 30.3 Å². The Morgan fingerprint density at radius 3 is 2.61 bits per heavy atom. The van der Waals surface area contributed by atoms with Gasteiger partial charge in [0.05, 0.1) is 15.6 Å². The fraction of sp³-hybridized carbons (Fsp3) is 0. The molecule has 1 amide bonds. The Balaban J connectivity index is 1.92. The van der Waals surface area contributed by atoms with E-state index >= 15 is 0 Å². The average Bonchev–Trinajstić information content (AvgIpc) is 3.19. The molecular formula is C15H10ClN3O3S. The Bertz CT molecular complexity index is 874. The van der Waals surface area contributed by atoms with Gasteiger partial charge in [-0.2, -0.15) is 5.10 Å². The average molecular weight is 348 g/mol. The molecule has 0 unspecified atom stereocenters. The highest BCUT2D eigenvalue weighted by molar-refractivity contribution is 7.16. The molecule has 0 fully saturated rings. The van der Waals surface area contributed by atoms with Crippen LogP contribution in [0.4, 0.5) is 5.69 Å². The van der Waals surface area contributed by atoms with E-state index in [0.717, 1.165) is 11.3 Å². The molecule has 0 saturated heterocycles. The van der Waals surface area contributed by atoms with Gasteiger partial charge in [0, 0.05) is 12.4 Å². The lowest BCUT2D eigenvalue weighted by Gasteiger charge is -2.12. The number of aromatic carboxylic acids is 1. The fourth-order valence-corrected chi connectivity index (χ4v) is 3.01. The van der Waals surface area contributed by atoms with Gasteiger partial charge >= 0.3 is 5.97 Å². The van der Waals surface area contributed by atoms with Gasteiger partial charge in [-0.1, -0.05) is 17.7 Å². The number of aromatic nitrogens is 2. The summed E-state index contributed by atoms with van der Waals surface area (Å²) in [5.74, 6) is -1.47. The van der Waals surface area contributed by atoms with Crippen molar-refractivity contribution in [3.05, 3.63) is 63.6 Å². The molecule has 2 N–H and O–H groups in total. The number of carbonyl (C=O) groups excluding carboxylic acids is 1. The Hall–Kier alpha value is -2.64. The summed E-state index contributed by atoms with van der Waals surface area (Å²) < 4.78 is 1.55. The molecule has 0 spiro atoms. The summed E-state index contributed by atoms with van der Waals surface area (Å²) in [6.45, 7) is 0. The number of rotatable bonds is 4. The number of halogens is 1. The van der Waals surface area contributed by atoms with E-state index in [4.69, 9.17) is 16.7 Å². The topological polar surface area (TPSA) is 84.2 Å². The number of carbonyl (C=O) groups is 2. The van der Waals surface area contributed by atoms with E-state index in [0.29, 0.717) is 21.3 Å². The van der Waals surface area contributed by atoms with Gasteiger partial charge in [-0.3, -0.25) is 4.79 Å². The summed E-state index contributed by atoms with van der Waals surface area (Å²) in [7, 11) is 0. The second kappa shape index (κ2) is 6.23. The summed E-state index contributed by atoms with van der Waals surface area (Å²) >= 11 is 7.12. The second-order valence-electron chi connectivity index (χ2n) is 4.51. The third kappa shape index (κ3) is 3.10. The predicted octanol–water partition coefficient (Wildman–Crippen LogP) is 3.54. The number of thiophene rings is 1. The molecule has 0 saturated carbocycles. The number of para-hydroxylation sites is 1. The number of anilines is 1. The van der Waals surface area contributed by atoms with Crippen LogP contribution in [0.5, 0.6) is 0 Å². The van der Waals surface area contributed by atoms with E-state index in [2.05, 4.69) is 10.4 Å². The summed E-state index contributed by atoms with van der Waals surface area (Å²) in [6, 6.07) is 9.72. The lowest BCUT2D eigenvalue weighted by atomic mass is 10.2. The van der Waals surface area contributed by atoms with Gasteiger partial charge < -0.3 is 10.4 Å². The van der Waals surface area contributed by atoms with E-state index in [1.165, 1.54) is 12.1 Å². The summed E-state index contributed by atoms with van der Waals surface area (Å²) in [5, 5.41) is 16.2. The molecular weight excluding hydrogens is 338 g/mol. The summed E-state index contributed by atoms with van der Waals surface area (Å²) in [4.78, 5) is 23.6. The lowest BCUT2D eigenvalue weighted by molar-refractivity contribution is 0.0702. The van der Waals surface area contributed by atoms with Gasteiger partial charge in [-0.25, -0.2) is 9.48 Å². The van der Waals surface area contributed by atoms with Crippen LogP contribution in [0.25, 0.3) is 5.69 Å². The number of nitrogens with one attached hydrogen (secondary N) is 1. The first kappa shape index (κ1) is 15.3. The third-order valence-corrected chi connectivity index (χ3v) is 4.39. The zero-order chi connectivity index (χ0) is 16.4. The lowest BCUT2D eigenvalue weighted by Crippen LogP contribution is -2.13. The van der Waals surface area contributed by atoms with Gasteiger partial charge in [-0.15, -0.1) is 11.3 Å². The van der Waals surface area contributed by atoms with Crippen LogP contribution in [0.3, 0.4) is 0 Å². The first-order valence-corrected chi connectivity index (χ1v) is 7.68. The molecule has 0 bridgehead atoms. The highest BCUT2D eigenvalue weighted by Crippen LogP contribution is 2.29. The van der Waals surface area contributed by atoms with Gasteiger partial charge in [0.15, 0.2) is 0 Å². The third-order valence-electron chi connectivity index (χ3n) is 3.01. The van der Waals surface area contributed by atoms with Crippen molar-refractivity contribution in [2.45, 2.75) is 0 Å². The molecule has 8 heteroatoms. The van der Waals surface area contributed by atoms with Crippen LogP contribution in [0.1, 0.15) is 19.3 Å². The van der Waals surface area contributed by atoms with E-state index in [-0.39, 0.29) is 4.88 Å². The molecule has 0 atom stereocenters. The zero-order valence-electron chi connectivity index (χ0n) is 11.6. The molecule has 1 aromatic carbocycles. The molecule has 116 valence electrons. The van der Waals surface area contributed by atoms with Crippen LogP contribution < -0.4 is 5.32 Å². The van der Waals surface area contributed by atoms with Gasteiger partial charge in [0.1, 0.15) is 10.6 Å². The van der Waals surface area contributed by atoms with Crippen molar-refractivity contribution >= 4 is 40.5 Å². The molecule has 23 heavy (non-hydrogen) atoms. The molecule has 3 aromatic rings. The molecule has 6 nitrogen and oxygen atoms in total. The highest BCUT2D eigenvalue weighted by atomic mass is 35.5. The van der Waals surface area contributed by atoms with Crippen molar-refractivity contribution in [2.24, 2.45) is 0 Å². The summed E-state index contributed by atoms with van der Waals surface area (Å²) in [5.41, 5.74) is 1.03. The first-order valence-electron chi connectivity index (χ1n) is 6.49. The zero-order valence-corrected chi connectivity index (χ0v) is 13.1. The monoisotopic (exact) mass is 347 g/mol. The van der Waals surface area contributed by atoms with E-state index in [1.54, 1.807) is 41.3 Å². The maximum Gasteiger partial charge on any atom is 0.345 e. The van der Waals surface area contributed by atoms with Gasteiger partial charge in [0.2, 0.25) is 0 Å². The molecule has 0 aliphatic carbocycles. The van der Waals surface area contributed by atoms with E-state index in [9.17, 15) is 9.59 Å². The molecule has 2 heterocycles. The minimum Gasteiger partial charge on any atom is -0.477 e. The number of hydrogen-bond acceptors (Lipinski definition) is 4. The van der Waals surface area contributed by atoms with Crippen molar-refractivity contribution in [1.29, 1.82) is 0 Å². The van der Waals surface area contributed by atoms with Crippen LogP contribution in [0, 0.1) is 0 Å². The minimum atomic E-state index is -1.06. The number of amides is 1. The maximum absolute atomic E-state index is 12.3. The minimum absolute atomic E-state index is 0.105. The first-order chi connectivity index (χ1) is 11.1. The van der Waals surface area contributed by atoms with Crippen molar-refractivity contribution in [1.82, 2.24) is 9.78 Å². The molecule has 0 aliphatic rings. The van der Waals surface area contributed by atoms with Crippen LogP contribution in [-0.4, -0.2) is 26.8 Å². The van der Waals surface area contributed by atoms with Crippen molar-refractivity contribution in [3.8, 4) is 5.69 Å². The molecule has 2 aromatic heterocycles. The second-order valence-corrected chi connectivity index (χ2v) is 6.00. The summed E-state index contributed by atoms with van der Waals surface area (Å²) in [6.07, 6.45) is 3.32. The van der Waals surface area contributed by atoms with Crippen molar-refractivity contribution < 1.29 is 14.7 Å². The molecule has 0 radical (unpaired) electrons. The Morgan fingerprint density at radius 2 is 1.96 bits per heavy atom. The van der Waals surface area contributed by atoms with Crippen LogP contribution >= 0.6 is 22.9 Å². The SMILES string of the molecule is O=C(O)c1ccc(C(=O)Nc2cccc(Cl)c2-n2cccn2)s1. The van der Waals surface area contributed by atoms with E-state index < -0.39 is 11.9 Å². The number of carboxylic acid groups (broad SMARTS) is 1. The predicted molar refractivity (Wildman–Crippen MR) is 87.8 cm³/mol. The highest BCUT2D eigenvalue weighted by Gasteiger charge is 2.16. The Kier molecular flexibility index (Phi) is 4.14. The van der Waals surface area contributed by atoms with Crippen molar-refractivity contribution in [2.75, 3.05) is 5.32 Å². The Morgan fingerprint density at radius 1 is 1.17 bits per heavy atom. The standard InChI is InChI=1S/C15H10ClN3O3S/c16-9-3-1-4-10(13(9)19-8-2-7-17-19)18-14(20)11-5-6-12(23-11)15(21)22/h1-8H,(H,18,20)(H,21,22). The van der Waals surface area contributed by atoms with Crippen LogP contribution in [-0.2, 0) is 0 Å². The molecule has 3 rings (SSSR count). The van der Waals surface area contributed by atoms with Gasteiger partial charge in [0.25, 0.3) is 5.91 Å². The Labute approximate surface area is 139 Å². The van der Waals surface area contributed by atoms with Crippen LogP contribution in [0.2, 0.25) is 5.02 Å². The van der Waals surface area contributed by atoms with Crippen LogP contribution in [0.15, 0.2) is 48.8 Å². The van der Waals surface area contributed by atoms with E-state index in [1.807, 2.05) is 0 Å². The maximum atomic E-state index is 12.3. The van der Waals surface area contributed by atoms with Crippen molar-refractivity contribution in [3.63, 3.8) is 0 Å². The number of carboxylic acids is 1. The largest absolute Gasteiger partial charge is 0.477 e. The number of nitrogens with zero attached hydrogens (tertiary/aromatic N) is 2. The number of hydrogen-bond donors (Lipinski definition) is 2. The number of benzene rings is 1.